The zero-order valence-electron chi connectivity index (χ0n) is 35.4. The van der Waals surface area contributed by atoms with E-state index in [9.17, 15) is 25.2 Å². The van der Waals surface area contributed by atoms with Gasteiger partial charge in [0.25, 0.3) is 0 Å². The van der Waals surface area contributed by atoms with Crippen LogP contribution in [-0.4, -0.2) is 89.6 Å². The molecule has 0 aromatic heterocycles. The van der Waals surface area contributed by atoms with Gasteiger partial charge in [-0.3, -0.25) is 4.79 Å². The van der Waals surface area contributed by atoms with E-state index >= 15 is 0 Å². The van der Waals surface area contributed by atoms with Crippen molar-refractivity contribution in [2.24, 2.45) is 0 Å². The first kappa shape index (κ1) is 51.7. The van der Waals surface area contributed by atoms with Crippen molar-refractivity contribution < 1.29 is 44.2 Å². The average Bonchev–Trinajstić information content (AvgIpc) is 3.18. The maximum atomic E-state index is 12.8. The zero-order valence-corrected chi connectivity index (χ0v) is 35.4. The minimum atomic E-state index is -1.54. The van der Waals surface area contributed by atoms with Gasteiger partial charge < -0.3 is 39.4 Å². The topological polar surface area (TPSA) is 135 Å². The zero-order chi connectivity index (χ0) is 40.0. The van der Waals surface area contributed by atoms with Gasteiger partial charge in [0.2, 0.25) is 0 Å². The van der Waals surface area contributed by atoms with Crippen LogP contribution >= 0.6 is 0 Å². The van der Waals surface area contributed by atoms with Crippen LogP contribution in [0, 0.1) is 0 Å². The lowest BCUT2D eigenvalue weighted by molar-refractivity contribution is -0.305. The minimum absolute atomic E-state index is 0.117. The standard InChI is InChI=1S/C46H86O9/c1-3-5-7-9-11-13-15-17-19-20-22-24-26-28-30-32-34-36-52-38-40(39-53-46-45(51)44(50)43(49)41(37-47)55-46)54-42(48)35-33-31-29-27-25-23-21-18-16-14-12-10-8-6-4-2/h18-21,40-41,43-47,49-51H,3-17,22-39H2,1-2H3/b20-19-,21-18-. The number of aliphatic hydroxyl groups is 4. The van der Waals surface area contributed by atoms with Gasteiger partial charge in [0, 0.05) is 13.0 Å². The number of hydrogen-bond donors (Lipinski definition) is 4. The van der Waals surface area contributed by atoms with Crippen molar-refractivity contribution in [2.45, 2.75) is 237 Å². The highest BCUT2D eigenvalue weighted by atomic mass is 16.7. The summed E-state index contributed by atoms with van der Waals surface area (Å²) in [5.74, 6) is -0.323. The highest BCUT2D eigenvalue weighted by Crippen LogP contribution is 2.22. The second-order valence-electron chi connectivity index (χ2n) is 15.8. The molecular weight excluding hydrogens is 696 g/mol. The normalized spacial score (nSPS) is 20.9. The number of ether oxygens (including phenoxy) is 4. The summed E-state index contributed by atoms with van der Waals surface area (Å²) in [4.78, 5) is 12.8. The van der Waals surface area contributed by atoms with Crippen LogP contribution in [0.4, 0.5) is 0 Å². The molecule has 0 radical (unpaired) electrons. The molecule has 324 valence electrons. The quantitative estimate of drug-likeness (QED) is 0.0273. The largest absolute Gasteiger partial charge is 0.457 e. The van der Waals surface area contributed by atoms with Crippen molar-refractivity contribution in [1.29, 1.82) is 0 Å². The summed E-state index contributed by atoms with van der Waals surface area (Å²) in [5, 5.41) is 40.1. The molecule has 1 aliphatic rings. The number of esters is 1. The Labute approximate surface area is 337 Å². The molecule has 9 nitrogen and oxygen atoms in total. The van der Waals surface area contributed by atoms with E-state index in [-0.39, 0.29) is 19.2 Å². The van der Waals surface area contributed by atoms with E-state index in [1.54, 1.807) is 0 Å². The predicted molar refractivity (Wildman–Crippen MR) is 224 cm³/mol. The Kier molecular flexibility index (Phi) is 35.9. The Morgan fingerprint density at radius 3 is 1.47 bits per heavy atom. The summed E-state index contributed by atoms with van der Waals surface area (Å²) < 4.78 is 22.8. The molecule has 0 saturated carbocycles. The first-order valence-electron chi connectivity index (χ1n) is 22.9. The highest BCUT2D eigenvalue weighted by molar-refractivity contribution is 5.69. The van der Waals surface area contributed by atoms with Crippen LogP contribution in [0.15, 0.2) is 24.3 Å². The molecule has 6 atom stereocenters. The van der Waals surface area contributed by atoms with Gasteiger partial charge in [0.15, 0.2) is 6.29 Å². The number of rotatable bonds is 39. The molecule has 1 heterocycles. The van der Waals surface area contributed by atoms with Crippen LogP contribution in [0.25, 0.3) is 0 Å². The summed E-state index contributed by atoms with van der Waals surface area (Å²) in [6.07, 6.45) is 36.3. The number of allylic oxidation sites excluding steroid dienone is 4. The van der Waals surface area contributed by atoms with Gasteiger partial charge in [-0.05, 0) is 64.2 Å². The van der Waals surface area contributed by atoms with Crippen LogP contribution in [0.3, 0.4) is 0 Å². The van der Waals surface area contributed by atoms with Gasteiger partial charge >= 0.3 is 5.97 Å². The predicted octanol–water partition coefficient (Wildman–Crippen LogP) is 10.2. The molecule has 1 aliphatic heterocycles. The van der Waals surface area contributed by atoms with E-state index in [4.69, 9.17) is 18.9 Å². The van der Waals surface area contributed by atoms with Gasteiger partial charge in [0.05, 0.1) is 19.8 Å². The summed E-state index contributed by atoms with van der Waals surface area (Å²) in [5.41, 5.74) is 0. The smallest absolute Gasteiger partial charge is 0.306 e. The van der Waals surface area contributed by atoms with Gasteiger partial charge in [-0.1, -0.05) is 154 Å². The summed E-state index contributed by atoms with van der Waals surface area (Å²) in [6.45, 7) is 4.54. The van der Waals surface area contributed by atoms with Crippen molar-refractivity contribution >= 4 is 5.97 Å². The molecule has 6 unspecified atom stereocenters. The fourth-order valence-corrected chi connectivity index (χ4v) is 6.95. The van der Waals surface area contributed by atoms with E-state index in [1.807, 2.05) is 0 Å². The van der Waals surface area contributed by atoms with E-state index < -0.39 is 43.4 Å². The number of unbranched alkanes of at least 4 members (excludes halogenated alkanes) is 24. The molecule has 55 heavy (non-hydrogen) atoms. The highest BCUT2D eigenvalue weighted by Gasteiger charge is 2.44. The van der Waals surface area contributed by atoms with E-state index in [0.717, 1.165) is 44.9 Å². The summed E-state index contributed by atoms with van der Waals surface area (Å²) >= 11 is 0. The number of aliphatic hydroxyl groups excluding tert-OH is 4. The molecule has 0 aliphatic carbocycles. The molecule has 0 aromatic rings. The molecular formula is C46H86O9. The Bertz CT molecular complexity index is 895. The van der Waals surface area contributed by atoms with Crippen molar-refractivity contribution in [3.05, 3.63) is 24.3 Å². The van der Waals surface area contributed by atoms with Crippen LogP contribution < -0.4 is 0 Å². The third-order valence-electron chi connectivity index (χ3n) is 10.6. The fraction of sp³-hybridized carbons (Fsp3) is 0.891. The van der Waals surface area contributed by atoms with Crippen LogP contribution in [-0.2, 0) is 23.7 Å². The van der Waals surface area contributed by atoms with Crippen molar-refractivity contribution in [2.75, 3.05) is 26.4 Å². The summed E-state index contributed by atoms with van der Waals surface area (Å²) in [6, 6.07) is 0. The maximum absolute atomic E-state index is 12.8. The Hall–Kier alpha value is -1.33. The third-order valence-corrected chi connectivity index (χ3v) is 10.6. The molecule has 4 N–H and O–H groups in total. The molecule has 0 spiro atoms. The number of carbonyl (C=O) groups is 1. The van der Waals surface area contributed by atoms with E-state index in [0.29, 0.717) is 13.0 Å². The average molecular weight is 783 g/mol. The summed E-state index contributed by atoms with van der Waals surface area (Å²) in [7, 11) is 0. The van der Waals surface area contributed by atoms with E-state index in [2.05, 4.69) is 38.2 Å². The number of hydrogen-bond acceptors (Lipinski definition) is 9. The Morgan fingerprint density at radius 1 is 0.564 bits per heavy atom. The monoisotopic (exact) mass is 783 g/mol. The minimum Gasteiger partial charge on any atom is -0.457 e. The van der Waals surface area contributed by atoms with Crippen LogP contribution in [0.2, 0.25) is 0 Å². The molecule has 1 fully saturated rings. The lowest BCUT2D eigenvalue weighted by Crippen LogP contribution is -2.59. The molecule has 1 saturated heterocycles. The lowest BCUT2D eigenvalue weighted by atomic mass is 9.99. The first-order chi connectivity index (χ1) is 26.9. The third kappa shape index (κ3) is 29.5. The molecule has 0 amide bonds. The van der Waals surface area contributed by atoms with Crippen LogP contribution in [0.1, 0.15) is 200 Å². The molecule has 9 heteroatoms. The molecule has 0 bridgehead atoms. The molecule has 1 rings (SSSR count). The second-order valence-corrected chi connectivity index (χ2v) is 15.8. The maximum Gasteiger partial charge on any atom is 0.306 e. The number of carbonyl (C=O) groups excluding carboxylic acids is 1. The van der Waals surface area contributed by atoms with Gasteiger partial charge in [0.1, 0.15) is 30.5 Å². The van der Waals surface area contributed by atoms with Crippen LogP contribution in [0.5, 0.6) is 0 Å². The Balaban J connectivity index is 2.27. The first-order valence-corrected chi connectivity index (χ1v) is 22.9. The molecule has 0 aromatic carbocycles. The van der Waals surface area contributed by atoms with E-state index in [1.165, 1.54) is 135 Å². The van der Waals surface area contributed by atoms with Crippen molar-refractivity contribution in [3.63, 3.8) is 0 Å². The van der Waals surface area contributed by atoms with Crippen molar-refractivity contribution in [1.82, 2.24) is 0 Å². The Morgan fingerprint density at radius 2 is 1.00 bits per heavy atom. The van der Waals surface area contributed by atoms with Crippen molar-refractivity contribution in [3.8, 4) is 0 Å². The SMILES string of the molecule is CCCCCCCC/C=C\CCCCCCCC(=O)OC(COCCCCCCCC/C=C\CCCCCCCCC)COC1OC(CO)C(O)C(O)C1O. The van der Waals surface area contributed by atoms with Gasteiger partial charge in [-0.25, -0.2) is 0 Å². The van der Waals surface area contributed by atoms with Gasteiger partial charge in [-0.2, -0.15) is 0 Å². The second kappa shape index (κ2) is 38.2. The lowest BCUT2D eigenvalue weighted by Gasteiger charge is -2.39. The van der Waals surface area contributed by atoms with Gasteiger partial charge in [-0.15, -0.1) is 0 Å². The fourth-order valence-electron chi connectivity index (χ4n) is 6.95.